The van der Waals surface area contributed by atoms with Gasteiger partial charge in [0.1, 0.15) is 0 Å². The summed E-state index contributed by atoms with van der Waals surface area (Å²) in [5, 5.41) is 13.3. The van der Waals surface area contributed by atoms with Crippen LogP contribution in [0.4, 0.5) is 0 Å². The number of hydrogen-bond donors (Lipinski definition) is 2. The molecule has 1 heterocycles. The third-order valence-corrected chi connectivity index (χ3v) is 3.22. The molecule has 14 heavy (non-hydrogen) atoms. The van der Waals surface area contributed by atoms with Crippen LogP contribution in [0.25, 0.3) is 0 Å². The summed E-state index contributed by atoms with van der Waals surface area (Å²) in [6, 6.07) is 7.88. The number of rotatable bonds is 2. The number of aliphatic hydroxyl groups excluding tert-OH is 1. The third kappa shape index (κ3) is 1.78. The van der Waals surface area contributed by atoms with Crippen molar-refractivity contribution >= 4 is 11.6 Å². The summed E-state index contributed by atoms with van der Waals surface area (Å²) >= 11 is 6.12. The van der Waals surface area contributed by atoms with E-state index in [0.29, 0.717) is 11.8 Å². The second-order valence-corrected chi connectivity index (χ2v) is 4.14. The summed E-state index contributed by atoms with van der Waals surface area (Å²) in [5.74, 6) is 0.656. The van der Waals surface area contributed by atoms with Crippen LogP contribution in [0.5, 0.6) is 0 Å². The maximum atomic E-state index is 9.21. The van der Waals surface area contributed by atoms with E-state index < -0.39 is 0 Å². The molecule has 2 rings (SSSR count). The number of hydrogen-bond acceptors (Lipinski definition) is 2. The number of aliphatic hydroxyl groups is 1. The Hall–Kier alpha value is -0.570. The van der Waals surface area contributed by atoms with E-state index in [-0.39, 0.29) is 6.61 Å². The number of nitrogens with one attached hydrogen (secondary N) is 1. The summed E-state index contributed by atoms with van der Waals surface area (Å²) in [6.07, 6.45) is 0. The Bertz CT molecular complexity index is 316. The first kappa shape index (κ1) is 9.97. The van der Waals surface area contributed by atoms with E-state index in [1.807, 2.05) is 24.3 Å². The van der Waals surface area contributed by atoms with Gasteiger partial charge in [-0.2, -0.15) is 0 Å². The average Bonchev–Trinajstić information content (AvgIpc) is 2.66. The van der Waals surface area contributed by atoms with Crippen molar-refractivity contribution in [2.24, 2.45) is 5.92 Å². The fraction of sp³-hybridized carbons (Fsp3) is 0.455. The lowest BCUT2D eigenvalue weighted by Crippen LogP contribution is -2.15. The molecule has 0 bridgehead atoms. The Kier molecular flexibility index (Phi) is 3.06. The van der Waals surface area contributed by atoms with Crippen LogP contribution in [0, 0.1) is 5.92 Å². The molecular formula is C11H14ClNO. The monoisotopic (exact) mass is 211 g/mol. The van der Waals surface area contributed by atoms with Crippen LogP contribution in [0.15, 0.2) is 24.3 Å². The molecule has 1 saturated heterocycles. The fourth-order valence-corrected chi connectivity index (χ4v) is 2.34. The zero-order valence-corrected chi connectivity index (χ0v) is 8.67. The minimum absolute atomic E-state index is 0.225. The van der Waals surface area contributed by atoms with Crippen LogP contribution in [-0.4, -0.2) is 24.8 Å². The smallest absolute Gasteiger partial charge is 0.0477 e. The highest BCUT2D eigenvalue weighted by Gasteiger charge is 2.28. The van der Waals surface area contributed by atoms with Crippen molar-refractivity contribution in [1.82, 2.24) is 5.32 Å². The van der Waals surface area contributed by atoms with Crippen LogP contribution in [0.3, 0.4) is 0 Å². The molecule has 0 saturated carbocycles. The van der Waals surface area contributed by atoms with Gasteiger partial charge >= 0.3 is 0 Å². The molecule has 1 fully saturated rings. The van der Waals surface area contributed by atoms with Crippen molar-refractivity contribution in [3.63, 3.8) is 0 Å². The molecule has 2 atom stereocenters. The standard InChI is InChI=1S/C11H14ClNO/c12-11-4-2-1-3-9(11)10-6-13-5-8(10)7-14/h1-4,8,10,13-14H,5-7H2/t8-,10-/m0/s1. The summed E-state index contributed by atoms with van der Waals surface area (Å²) in [5.41, 5.74) is 1.15. The van der Waals surface area contributed by atoms with Crippen LogP contribution in [-0.2, 0) is 0 Å². The van der Waals surface area contributed by atoms with Gasteiger partial charge in [-0.3, -0.25) is 0 Å². The molecule has 0 unspecified atom stereocenters. The highest BCUT2D eigenvalue weighted by molar-refractivity contribution is 6.31. The first-order valence-electron chi connectivity index (χ1n) is 4.89. The fourth-order valence-electron chi connectivity index (χ4n) is 2.06. The van der Waals surface area contributed by atoms with E-state index in [9.17, 15) is 5.11 Å². The van der Waals surface area contributed by atoms with Gasteiger partial charge in [0.2, 0.25) is 0 Å². The van der Waals surface area contributed by atoms with Gasteiger partial charge in [-0.15, -0.1) is 0 Å². The van der Waals surface area contributed by atoms with Gasteiger partial charge in [0.15, 0.2) is 0 Å². The molecule has 0 spiro atoms. The van der Waals surface area contributed by atoms with Gasteiger partial charge in [-0.25, -0.2) is 0 Å². The second kappa shape index (κ2) is 4.30. The maximum absolute atomic E-state index is 9.21. The van der Waals surface area contributed by atoms with E-state index in [1.54, 1.807) is 0 Å². The van der Waals surface area contributed by atoms with Gasteiger partial charge in [0.05, 0.1) is 0 Å². The highest BCUT2D eigenvalue weighted by Crippen LogP contribution is 2.32. The molecule has 2 N–H and O–H groups in total. The van der Waals surface area contributed by atoms with Crippen LogP contribution in [0.2, 0.25) is 5.02 Å². The molecular weight excluding hydrogens is 198 g/mol. The average molecular weight is 212 g/mol. The molecule has 1 aromatic rings. The zero-order chi connectivity index (χ0) is 9.97. The lowest BCUT2D eigenvalue weighted by Gasteiger charge is -2.17. The Morgan fingerprint density at radius 1 is 1.36 bits per heavy atom. The molecule has 0 radical (unpaired) electrons. The molecule has 3 heteroatoms. The Morgan fingerprint density at radius 2 is 2.14 bits per heavy atom. The second-order valence-electron chi connectivity index (χ2n) is 3.73. The molecule has 0 aromatic heterocycles. The maximum Gasteiger partial charge on any atom is 0.0477 e. The van der Waals surface area contributed by atoms with Crippen LogP contribution < -0.4 is 5.32 Å². The van der Waals surface area contributed by atoms with Crippen LogP contribution >= 0.6 is 11.6 Å². The summed E-state index contributed by atoms with van der Waals surface area (Å²) in [4.78, 5) is 0. The van der Waals surface area contributed by atoms with E-state index >= 15 is 0 Å². The number of halogens is 1. The lowest BCUT2D eigenvalue weighted by molar-refractivity contribution is 0.226. The minimum atomic E-state index is 0.225. The van der Waals surface area contributed by atoms with Crippen molar-refractivity contribution in [3.05, 3.63) is 34.9 Å². The molecule has 76 valence electrons. The van der Waals surface area contributed by atoms with Crippen molar-refractivity contribution in [3.8, 4) is 0 Å². The largest absolute Gasteiger partial charge is 0.396 e. The summed E-state index contributed by atoms with van der Waals surface area (Å²) in [7, 11) is 0. The molecule has 0 aliphatic carbocycles. The van der Waals surface area contributed by atoms with Gasteiger partial charge in [-0.05, 0) is 11.6 Å². The van der Waals surface area contributed by atoms with Gasteiger partial charge < -0.3 is 10.4 Å². The Morgan fingerprint density at radius 3 is 2.86 bits per heavy atom. The molecule has 1 aromatic carbocycles. The minimum Gasteiger partial charge on any atom is -0.396 e. The van der Waals surface area contributed by atoms with Crippen molar-refractivity contribution in [2.45, 2.75) is 5.92 Å². The van der Waals surface area contributed by atoms with E-state index in [4.69, 9.17) is 11.6 Å². The van der Waals surface area contributed by atoms with Crippen molar-refractivity contribution in [1.29, 1.82) is 0 Å². The van der Waals surface area contributed by atoms with E-state index in [0.717, 1.165) is 23.7 Å². The zero-order valence-electron chi connectivity index (χ0n) is 7.91. The lowest BCUT2D eigenvalue weighted by atomic mass is 9.89. The molecule has 2 nitrogen and oxygen atoms in total. The van der Waals surface area contributed by atoms with Gasteiger partial charge in [0, 0.05) is 36.6 Å². The predicted octanol–water partition coefficient (Wildman–Crippen LogP) is 1.64. The van der Waals surface area contributed by atoms with Crippen molar-refractivity contribution in [2.75, 3.05) is 19.7 Å². The number of benzene rings is 1. The van der Waals surface area contributed by atoms with Crippen molar-refractivity contribution < 1.29 is 5.11 Å². The Labute approximate surface area is 88.9 Å². The SMILES string of the molecule is OC[C@@H]1CNC[C@@H]1c1ccccc1Cl. The van der Waals surface area contributed by atoms with Gasteiger partial charge in [0.25, 0.3) is 0 Å². The third-order valence-electron chi connectivity index (χ3n) is 2.88. The van der Waals surface area contributed by atoms with E-state index in [2.05, 4.69) is 5.32 Å². The van der Waals surface area contributed by atoms with E-state index in [1.165, 1.54) is 0 Å². The molecule has 1 aliphatic heterocycles. The summed E-state index contributed by atoms with van der Waals surface area (Å²) < 4.78 is 0. The summed E-state index contributed by atoms with van der Waals surface area (Å²) in [6.45, 7) is 2.02. The first-order chi connectivity index (χ1) is 6.83. The highest BCUT2D eigenvalue weighted by atomic mass is 35.5. The molecule has 0 amide bonds. The van der Waals surface area contributed by atoms with Gasteiger partial charge in [-0.1, -0.05) is 29.8 Å². The quantitative estimate of drug-likeness (QED) is 0.780. The predicted molar refractivity (Wildman–Crippen MR) is 57.6 cm³/mol. The Balaban J connectivity index is 2.26. The molecule has 1 aliphatic rings. The van der Waals surface area contributed by atoms with Crippen LogP contribution in [0.1, 0.15) is 11.5 Å². The topological polar surface area (TPSA) is 32.3 Å². The normalized spacial score (nSPS) is 26.7. The first-order valence-corrected chi connectivity index (χ1v) is 5.26.